The summed E-state index contributed by atoms with van der Waals surface area (Å²) in [5.74, 6) is 0.0704. The summed E-state index contributed by atoms with van der Waals surface area (Å²) in [5, 5.41) is 6.54. The van der Waals surface area contributed by atoms with Crippen LogP contribution in [0.3, 0.4) is 0 Å². The van der Waals surface area contributed by atoms with E-state index in [9.17, 15) is 9.59 Å². The smallest absolute Gasteiger partial charge is 0.262 e. The molecule has 12 heteroatoms. The van der Waals surface area contributed by atoms with Gasteiger partial charge in [0, 0.05) is 32.3 Å². The molecule has 0 saturated carbocycles. The summed E-state index contributed by atoms with van der Waals surface area (Å²) in [6.07, 6.45) is 4.58. The molecule has 0 aromatic carbocycles. The van der Waals surface area contributed by atoms with Crippen LogP contribution in [-0.4, -0.2) is 66.0 Å². The third-order valence-corrected chi connectivity index (χ3v) is 4.86. The van der Waals surface area contributed by atoms with Crippen LogP contribution in [0, 0.1) is 0 Å². The van der Waals surface area contributed by atoms with E-state index in [0.29, 0.717) is 69.9 Å². The van der Waals surface area contributed by atoms with E-state index in [-0.39, 0.29) is 23.1 Å². The Balaban J connectivity index is 1.16. The van der Waals surface area contributed by atoms with Crippen molar-refractivity contribution in [2.45, 2.75) is 25.0 Å². The third-order valence-electron chi connectivity index (χ3n) is 4.86. The van der Waals surface area contributed by atoms with Gasteiger partial charge in [0.2, 0.25) is 11.9 Å². The van der Waals surface area contributed by atoms with Crippen LogP contribution in [-0.2, 0) is 20.8 Å². The van der Waals surface area contributed by atoms with E-state index < -0.39 is 0 Å². The summed E-state index contributed by atoms with van der Waals surface area (Å²) in [6.45, 7) is 7.17. The minimum Gasteiger partial charge on any atom is -0.378 e. The second kappa shape index (κ2) is 11.0. The highest BCUT2D eigenvalue weighted by atomic mass is 16.5. The molecule has 0 atom stereocenters. The minimum atomic E-state index is -0.279. The second-order valence-electron chi connectivity index (χ2n) is 7.17. The van der Waals surface area contributed by atoms with E-state index in [0.717, 1.165) is 5.56 Å². The van der Waals surface area contributed by atoms with Gasteiger partial charge in [-0.3, -0.25) is 14.6 Å². The van der Waals surface area contributed by atoms with Crippen molar-refractivity contribution < 1.29 is 14.3 Å². The Bertz CT molecular complexity index is 937. The fourth-order valence-corrected chi connectivity index (χ4v) is 3.02. The molecule has 2 aromatic heterocycles. The topological polar surface area (TPSA) is 191 Å². The number of nitrogens with two attached hydrogens (primary N) is 1. The number of hydrazine groups is 1. The van der Waals surface area contributed by atoms with Crippen molar-refractivity contribution >= 4 is 22.9 Å². The number of carbonyl (C=O) groups excluding carboxylic acids is 1. The molecule has 1 fully saturated rings. The summed E-state index contributed by atoms with van der Waals surface area (Å²) >= 11 is 0. The number of H-pyrrole nitrogens is 2. The number of aromatic nitrogens is 3. The molecule has 3 heterocycles. The van der Waals surface area contributed by atoms with Gasteiger partial charge in [0.25, 0.3) is 5.56 Å². The first-order valence-corrected chi connectivity index (χ1v) is 10.2. The van der Waals surface area contributed by atoms with Gasteiger partial charge in [-0.05, 0) is 12.0 Å². The van der Waals surface area contributed by atoms with Crippen molar-refractivity contribution in [1.29, 1.82) is 0 Å². The summed E-state index contributed by atoms with van der Waals surface area (Å²) < 4.78 is 10.9. The molecule has 2 aromatic rings. The average Bonchev–Trinajstić information content (AvgIpc) is 3.42. The first-order chi connectivity index (χ1) is 15.0. The largest absolute Gasteiger partial charge is 0.378 e. The van der Waals surface area contributed by atoms with Gasteiger partial charge in [-0.15, -0.1) is 0 Å². The monoisotopic (exact) mass is 434 g/mol. The number of fused-ring (bicyclic) bond motifs is 1. The highest BCUT2D eigenvalue weighted by molar-refractivity contribution is 5.79. The highest BCUT2D eigenvalue weighted by Gasteiger charge is 2.38. The van der Waals surface area contributed by atoms with E-state index in [4.69, 9.17) is 15.2 Å². The molecule has 12 nitrogen and oxygen atoms in total. The van der Waals surface area contributed by atoms with Gasteiger partial charge in [0.1, 0.15) is 11.3 Å². The number of nitrogens with one attached hydrogen (secondary N) is 6. The average molecular weight is 435 g/mol. The van der Waals surface area contributed by atoms with Crippen molar-refractivity contribution in [2.24, 2.45) is 0 Å². The van der Waals surface area contributed by atoms with E-state index in [1.54, 1.807) is 12.3 Å². The number of amides is 1. The van der Waals surface area contributed by atoms with Crippen LogP contribution >= 0.6 is 0 Å². The zero-order valence-electron chi connectivity index (χ0n) is 17.4. The number of anilines is 1. The molecule has 0 radical (unpaired) electrons. The van der Waals surface area contributed by atoms with Crippen molar-refractivity contribution in [1.82, 2.24) is 36.4 Å². The van der Waals surface area contributed by atoms with Crippen molar-refractivity contribution in [2.75, 3.05) is 45.3 Å². The molecule has 0 unspecified atom stereocenters. The number of hydrogen-bond acceptors (Lipinski definition) is 9. The van der Waals surface area contributed by atoms with Gasteiger partial charge in [-0.2, -0.15) is 4.98 Å². The maximum Gasteiger partial charge on any atom is 0.262 e. The van der Waals surface area contributed by atoms with Crippen molar-refractivity contribution in [3.8, 4) is 0 Å². The molecule has 3 rings (SSSR count). The van der Waals surface area contributed by atoms with Crippen LogP contribution in [0.25, 0.3) is 11.0 Å². The Morgan fingerprint density at radius 3 is 2.68 bits per heavy atom. The molecular weight excluding hydrogens is 404 g/mol. The van der Waals surface area contributed by atoms with Crippen LogP contribution in [0.15, 0.2) is 23.6 Å². The normalized spacial score (nSPS) is 14.6. The van der Waals surface area contributed by atoms with Crippen LogP contribution < -0.4 is 32.8 Å². The Morgan fingerprint density at radius 1 is 1.23 bits per heavy atom. The lowest BCUT2D eigenvalue weighted by Gasteiger charge is -2.09. The molecule has 0 aliphatic carbocycles. The quantitative estimate of drug-likeness (QED) is 0.103. The van der Waals surface area contributed by atoms with E-state index >= 15 is 0 Å². The number of aromatic amines is 2. The number of carbonyl (C=O) groups is 1. The fourth-order valence-electron chi connectivity index (χ4n) is 3.02. The van der Waals surface area contributed by atoms with Crippen LogP contribution in [0.1, 0.15) is 18.4 Å². The van der Waals surface area contributed by atoms with Crippen LogP contribution in [0.2, 0.25) is 0 Å². The Kier molecular flexibility index (Phi) is 8.14. The Hall–Kier alpha value is -2.77. The number of rotatable bonds is 15. The van der Waals surface area contributed by atoms with Gasteiger partial charge in [-0.1, -0.05) is 12.7 Å². The maximum absolute atomic E-state index is 12.0. The zero-order valence-corrected chi connectivity index (χ0v) is 17.4. The summed E-state index contributed by atoms with van der Waals surface area (Å²) in [5.41, 5.74) is 12.2. The van der Waals surface area contributed by atoms with Crippen LogP contribution in [0.5, 0.6) is 0 Å². The second-order valence-corrected chi connectivity index (χ2v) is 7.17. The molecule has 1 aliphatic rings. The fraction of sp³-hybridized carbons (Fsp3) is 0.526. The lowest BCUT2D eigenvalue weighted by molar-refractivity contribution is -0.121. The summed E-state index contributed by atoms with van der Waals surface area (Å²) in [4.78, 5) is 33.2. The summed E-state index contributed by atoms with van der Waals surface area (Å²) in [6, 6.07) is 0. The van der Waals surface area contributed by atoms with Gasteiger partial charge in [0.05, 0.1) is 31.8 Å². The molecule has 8 N–H and O–H groups in total. The summed E-state index contributed by atoms with van der Waals surface area (Å²) in [7, 11) is 0. The first-order valence-electron chi connectivity index (χ1n) is 10.2. The van der Waals surface area contributed by atoms with Gasteiger partial charge in [0.15, 0.2) is 0 Å². The molecule has 1 amide bonds. The number of ether oxygens (including phenoxy) is 2. The van der Waals surface area contributed by atoms with Crippen LogP contribution in [0.4, 0.5) is 5.95 Å². The third kappa shape index (κ3) is 6.87. The van der Waals surface area contributed by atoms with Crippen molar-refractivity contribution in [3.05, 3.63) is 34.8 Å². The predicted octanol–water partition coefficient (Wildman–Crippen LogP) is -1.16. The molecule has 1 saturated heterocycles. The Morgan fingerprint density at radius 2 is 1.97 bits per heavy atom. The predicted molar refractivity (Wildman–Crippen MR) is 116 cm³/mol. The molecule has 0 bridgehead atoms. The number of hydrogen-bond donors (Lipinski definition) is 7. The van der Waals surface area contributed by atoms with E-state index in [2.05, 4.69) is 43.0 Å². The minimum absolute atomic E-state index is 0.0147. The molecular formula is C19H30N8O4. The first kappa shape index (κ1) is 22.9. The molecule has 170 valence electrons. The number of nitrogens with zero attached hydrogens (tertiary/aromatic N) is 1. The van der Waals surface area contributed by atoms with Gasteiger partial charge in [-0.25, -0.2) is 10.9 Å². The van der Waals surface area contributed by atoms with E-state index in [1.165, 1.54) is 0 Å². The van der Waals surface area contributed by atoms with Gasteiger partial charge >= 0.3 is 0 Å². The zero-order chi connectivity index (χ0) is 22.1. The molecule has 31 heavy (non-hydrogen) atoms. The molecule has 0 spiro atoms. The number of nitrogen functional groups attached to an aromatic ring is 1. The lowest BCUT2D eigenvalue weighted by atomic mass is 10.1. The lowest BCUT2D eigenvalue weighted by Crippen LogP contribution is -2.29. The maximum atomic E-state index is 12.0. The van der Waals surface area contributed by atoms with E-state index in [1.807, 2.05) is 0 Å². The standard InChI is InChI=1S/C19H30N8O4/c1-2-19(26-27-19)4-3-14(28)22-6-8-31-10-9-30-7-5-21-11-13-12-23-16-15(13)17(29)25-18(20)24-16/h2,12,21,26-27H,1,3-11H2,(H,22,28)(H4,20,23,24,25,29). The van der Waals surface area contributed by atoms with Crippen molar-refractivity contribution in [3.63, 3.8) is 0 Å². The Labute approximate surface area is 179 Å². The van der Waals surface area contributed by atoms with Gasteiger partial charge < -0.3 is 30.8 Å². The molecule has 1 aliphatic heterocycles. The SMILES string of the molecule is C=CC1(CCC(=O)NCCOCCOCCNCc2c[nH]c3nc(N)[nH]c(=O)c23)NN1. The highest BCUT2D eigenvalue weighted by Crippen LogP contribution is 2.18.